The molecule has 1 N–H and O–H groups in total. The number of rotatable bonds is 1. The summed E-state index contributed by atoms with van der Waals surface area (Å²) in [4.78, 5) is 10.8. The first kappa shape index (κ1) is 12.7. The smallest absolute Gasteiger partial charge is 0.337 e. The number of methoxy groups -OCH3 is 1. The van der Waals surface area contributed by atoms with Crippen LogP contribution in [0.25, 0.3) is 0 Å². The summed E-state index contributed by atoms with van der Waals surface area (Å²) in [6.07, 6.45) is 4.22. The summed E-state index contributed by atoms with van der Waals surface area (Å²) in [6.45, 7) is 2.50. The minimum Gasteiger partial charge on any atom is -0.465 e. The van der Waals surface area contributed by atoms with Gasteiger partial charge in [0.1, 0.15) is 0 Å². The van der Waals surface area contributed by atoms with Gasteiger partial charge >= 0.3 is 5.97 Å². The van der Waals surface area contributed by atoms with Crippen LogP contribution in [0.15, 0.2) is 30.3 Å². The fraction of sp³-hybridized carbons (Fsp3) is 0.462. The second kappa shape index (κ2) is 7.88. The quantitative estimate of drug-likeness (QED) is 0.739. The number of carbonyl (C=O) groups is 1. The summed E-state index contributed by atoms with van der Waals surface area (Å²) >= 11 is 0. The second-order valence-electron chi connectivity index (χ2n) is 3.67. The molecular formula is C13H19NO2. The predicted octanol–water partition coefficient (Wildman–Crippen LogP) is 2.23. The number of esters is 1. The van der Waals surface area contributed by atoms with E-state index in [0.29, 0.717) is 5.56 Å². The van der Waals surface area contributed by atoms with Crippen LogP contribution in [0, 0.1) is 0 Å². The Labute approximate surface area is 96.8 Å². The monoisotopic (exact) mass is 221 g/mol. The van der Waals surface area contributed by atoms with E-state index in [1.165, 1.54) is 39.5 Å². The standard InChI is InChI=1S/C8H8O2.C5H11N/c1-10-8(9)7-5-3-2-4-6-7;1-2-4-6-5-3-1/h2-6H,1H3;6H,1-5H2. The Morgan fingerprint density at radius 3 is 2.12 bits per heavy atom. The highest BCUT2D eigenvalue weighted by Gasteiger charge is 2.00. The van der Waals surface area contributed by atoms with Crippen LogP contribution in [0.2, 0.25) is 0 Å². The van der Waals surface area contributed by atoms with Crippen molar-refractivity contribution < 1.29 is 9.53 Å². The molecule has 3 heteroatoms. The van der Waals surface area contributed by atoms with E-state index in [1.807, 2.05) is 6.07 Å². The second-order valence-corrected chi connectivity index (χ2v) is 3.67. The third-order valence-corrected chi connectivity index (χ3v) is 2.40. The number of ether oxygens (including phenoxy) is 1. The lowest BCUT2D eigenvalue weighted by Gasteiger charge is -2.08. The minimum atomic E-state index is -0.291. The van der Waals surface area contributed by atoms with Gasteiger partial charge in [0.05, 0.1) is 12.7 Å². The Morgan fingerprint density at radius 2 is 1.75 bits per heavy atom. The molecule has 0 aliphatic carbocycles. The van der Waals surface area contributed by atoms with E-state index >= 15 is 0 Å². The minimum absolute atomic E-state index is 0.291. The maximum absolute atomic E-state index is 10.8. The Bertz CT molecular complexity index is 283. The van der Waals surface area contributed by atoms with Crippen molar-refractivity contribution in [2.24, 2.45) is 0 Å². The maximum atomic E-state index is 10.8. The first-order valence-electron chi connectivity index (χ1n) is 5.68. The van der Waals surface area contributed by atoms with Crippen molar-refractivity contribution >= 4 is 5.97 Å². The first-order chi connectivity index (χ1) is 7.84. The molecule has 0 atom stereocenters. The van der Waals surface area contributed by atoms with Crippen molar-refractivity contribution in [1.29, 1.82) is 0 Å². The number of hydrogen-bond donors (Lipinski definition) is 1. The van der Waals surface area contributed by atoms with Gasteiger partial charge in [-0.15, -0.1) is 0 Å². The van der Waals surface area contributed by atoms with Gasteiger partial charge in [-0.3, -0.25) is 0 Å². The molecule has 0 aromatic heterocycles. The number of hydrogen-bond acceptors (Lipinski definition) is 3. The van der Waals surface area contributed by atoms with Gasteiger partial charge in [0.25, 0.3) is 0 Å². The molecule has 2 rings (SSSR count). The molecule has 0 saturated carbocycles. The average Bonchev–Trinajstić information content (AvgIpc) is 2.41. The highest BCUT2D eigenvalue weighted by atomic mass is 16.5. The van der Waals surface area contributed by atoms with Gasteiger partial charge in [0.2, 0.25) is 0 Å². The van der Waals surface area contributed by atoms with Gasteiger partial charge in [-0.05, 0) is 38.1 Å². The lowest BCUT2D eigenvalue weighted by Crippen LogP contribution is -2.21. The molecule has 1 aliphatic heterocycles. The molecule has 88 valence electrons. The molecule has 16 heavy (non-hydrogen) atoms. The topological polar surface area (TPSA) is 38.3 Å². The maximum Gasteiger partial charge on any atom is 0.337 e. The van der Waals surface area contributed by atoms with Crippen molar-refractivity contribution in [3.63, 3.8) is 0 Å². The van der Waals surface area contributed by atoms with Crippen LogP contribution < -0.4 is 5.32 Å². The van der Waals surface area contributed by atoms with E-state index in [2.05, 4.69) is 10.1 Å². The van der Waals surface area contributed by atoms with Gasteiger partial charge in [-0.2, -0.15) is 0 Å². The van der Waals surface area contributed by atoms with Gasteiger partial charge in [0.15, 0.2) is 0 Å². The third-order valence-electron chi connectivity index (χ3n) is 2.40. The Morgan fingerprint density at radius 1 is 1.12 bits per heavy atom. The largest absolute Gasteiger partial charge is 0.465 e. The van der Waals surface area contributed by atoms with Crippen molar-refractivity contribution in [2.45, 2.75) is 19.3 Å². The molecule has 0 bridgehead atoms. The van der Waals surface area contributed by atoms with Crippen LogP contribution in [0.3, 0.4) is 0 Å². The van der Waals surface area contributed by atoms with Gasteiger partial charge in [0, 0.05) is 0 Å². The molecule has 1 aromatic rings. The molecule has 1 aromatic carbocycles. The summed E-state index contributed by atoms with van der Waals surface area (Å²) < 4.78 is 4.50. The highest BCUT2D eigenvalue weighted by molar-refractivity contribution is 5.89. The molecule has 0 radical (unpaired) electrons. The Kier molecular flexibility index (Phi) is 6.26. The Hall–Kier alpha value is -1.35. The summed E-state index contributed by atoms with van der Waals surface area (Å²) in [5.41, 5.74) is 0.588. The lowest BCUT2D eigenvalue weighted by atomic mass is 10.2. The van der Waals surface area contributed by atoms with Crippen molar-refractivity contribution in [1.82, 2.24) is 5.32 Å². The molecule has 0 spiro atoms. The van der Waals surface area contributed by atoms with Crippen LogP contribution in [-0.4, -0.2) is 26.2 Å². The molecule has 1 fully saturated rings. The van der Waals surface area contributed by atoms with E-state index in [4.69, 9.17) is 0 Å². The van der Waals surface area contributed by atoms with Crippen LogP contribution in [0.1, 0.15) is 29.6 Å². The molecule has 3 nitrogen and oxygen atoms in total. The normalized spacial score (nSPS) is 14.6. The van der Waals surface area contributed by atoms with Gasteiger partial charge in [-0.1, -0.05) is 24.6 Å². The molecule has 0 amide bonds. The summed E-state index contributed by atoms with van der Waals surface area (Å²) in [5, 5.41) is 3.28. The highest BCUT2D eigenvalue weighted by Crippen LogP contribution is 1.99. The average molecular weight is 221 g/mol. The fourth-order valence-corrected chi connectivity index (χ4v) is 1.49. The zero-order valence-electron chi connectivity index (χ0n) is 9.74. The van der Waals surface area contributed by atoms with Gasteiger partial charge < -0.3 is 10.1 Å². The van der Waals surface area contributed by atoms with E-state index in [1.54, 1.807) is 24.3 Å². The molecular weight excluding hydrogens is 202 g/mol. The number of piperidine rings is 1. The van der Waals surface area contributed by atoms with Crippen LogP contribution in [-0.2, 0) is 4.74 Å². The zero-order chi connectivity index (χ0) is 11.6. The van der Waals surface area contributed by atoms with Gasteiger partial charge in [-0.25, -0.2) is 4.79 Å². The summed E-state index contributed by atoms with van der Waals surface area (Å²) in [7, 11) is 1.37. The third kappa shape index (κ3) is 4.94. The van der Waals surface area contributed by atoms with Crippen molar-refractivity contribution in [3.05, 3.63) is 35.9 Å². The van der Waals surface area contributed by atoms with Crippen LogP contribution in [0.4, 0.5) is 0 Å². The molecule has 1 saturated heterocycles. The van der Waals surface area contributed by atoms with E-state index < -0.39 is 0 Å². The lowest BCUT2D eigenvalue weighted by molar-refractivity contribution is 0.0601. The number of carbonyl (C=O) groups excluding carboxylic acids is 1. The molecule has 1 heterocycles. The molecule has 1 aliphatic rings. The SMILES string of the molecule is C1CCNCC1.COC(=O)c1ccccc1. The summed E-state index contributed by atoms with van der Waals surface area (Å²) in [5.74, 6) is -0.291. The predicted molar refractivity (Wildman–Crippen MR) is 64.5 cm³/mol. The van der Waals surface area contributed by atoms with E-state index in [9.17, 15) is 4.79 Å². The van der Waals surface area contributed by atoms with E-state index in [0.717, 1.165) is 0 Å². The van der Waals surface area contributed by atoms with Crippen LogP contribution >= 0.6 is 0 Å². The van der Waals surface area contributed by atoms with Crippen LogP contribution in [0.5, 0.6) is 0 Å². The Balaban J connectivity index is 0.000000181. The van der Waals surface area contributed by atoms with E-state index in [-0.39, 0.29) is 5.97 Å². The van der Waals surface area contributed by atoms with Crippen molar-refractivity contribution in [3.8, 4) is 0 Å². The molecule has 0 unspecified atom stereocenters. The number of benzene rings is 1. The van der Waals surface area contributed by atoms with Crippen molar-refractivity contribution in [2.75, 3.05) is 20.2 Å². The number of nitrogens with one attached hydrogen (secondary N) is 1. The summed E-state index contributed by atoms with van der Waals surface area (Å²) in [6, 6.07) is 8.88. The zero-order valence-corrected chi connectivity index (χ0v) is 9.74. The fourth-order valence-electron chi connectivity index (χ4n) is 1.49. The first-order valence-corrected chi connectivity index (χ1v) is 5.68.